The summed E-state index contributed by atoms with van der Waals surface area (Å²) in [7, 11) is 1.85. The number of esters is 1. The molecule has 0 aliphatic carbocycles. The minimum Gasteiger partial charge on any atom is -0.458 e. The van der Waals surface area contributed by atoms with E-state index >= 15 is 0 Å². The number of amides is 1. The summed E-state index contributed by atoms with van der Waals surface area (Å²) in [6.07, 6.45) is 8.23. The van der Waals surface area contributed by atoms with Crippen molar-refractivity contribution in [2.45, 2.75) is 52.1 Å². The molecule has 2 atom stereocenters. The van der Waals surface area contributed by atoms with Crippen LogP contribution in [0.5, 0.6) is 0 Å². The minimum absolute atomic E-state index is 0.125. The highest BCUT2D eigenvalue weighted by Gasteiger charge is 2.14. The van der Waals surface area contributed by atoms with Gasteiger partial charge in [-0.2, -0.15) is 0 Å². The molecule has 0 saturated carbocycles. The molecular weight excluding hydrogens is 242 g/mol. The Bertz CT molecular complexity index is 338. The molecule has 0 spiro atoms. The molecule has 1 rings (SSSR count). The van der Waals surface area contributed by atoms with Crippen molar-refractivity contribution < 1.29 is 14.3 Å². The van der Waals surface area contributed by atoms with Crippen LogP contribution in [0.1, 0.15) is 46.0 Å². The summed E-state index contributed by atoms with van der Waals surface area (Å²) in [5.41, 5.74) is 0. The second-order valence-electron chi connectivity index (χ2n) is 5.38. The molecule has 0 N–H and O–H groups in total. The Labute approximate surface area is 115 Å². The molecule has 2 unspecified atom stereocenters. The lowest BCUT2D eigenvalue weighted by molar-refractivity contribution is -0.144. The van der Waals surface area contributed by atoms with E-state index in [1.54, 1.807) is 4.90 Å². The van der Waals surface area contributed by atoms with Crippen molar-refractivity contribution >= 4 is 11.9 Å². The third kappa shape index (κ3) is 6.41. The molecule has 0 aromatic rings. The summed E-state index contributed by atoms with van der Waals surface area (Å²) in [6, 6.07) is 0. The van der Waals surface area contributed by atoms with E-state index in [1.807, 2.05) is 19.2 Å². The van der Waals surface area contributed by atoms with Gasteiger partial charge in [0, 0.05) is 26.9 Å². The number of ether oxygens (including phenoxy) is 1. The summed E-state index contributed by atoms with van der Waals surface area (Å²) in [5.74, 6) is 0.255. The van der Waals surface area contributed by atoms with Gasteiger partial charge in [-0.25, -0.2) is 0 Å². The molecule has 108 valence electrons. The minimum atomic E-state index is -0.235. The molecule has 1 aliphatic rings. The van der Waals surface area contributed by atoms with Gasteiger partial charge in [0.1, 0.15) is 6.10 Å². The quantitative estimate of drug-likeness (QED) is 0.542. The highest BCUT2D eigenvalue weighted by Crippen LogP contribution is 2.14. The standard InChI is InChI=1S/C15H25NO3/c1-12-9-10-14(19-13(2)17)7-5-4-6-8-15(18)16(3)11-12/h9-10,12,14H,4-8,11H2,1-3H3/b10-9+. The van der Waals surface area contributed by atoms with Crippen molar-refractivity contribution in [1.29, 1.82) is 0 Å². The van der Waals surface area contributed by atoms with E-state index in [9.17, 15) is 9.59 Å². The van der Waals surface area contributed by atoms with Gasteiger partial charge < -0.3 is 9.64 Å². The van der Waals surface area contributed by atoms with Crippen molar-refractivity contribution in [2.24, 2.45) is 5.92 Å². The van der Waals surface area contributed by atoms with E-state index in [1.165, 1.54) is 6.92 Å². The van der Waals surface area contributed by atoms with Crippen LogP contribution in [0.3, 0.4) is 0 Å². The van der Waals surface area contributed by atoms with E-state index < -0.39 is 0 Å². The van der Waals surface area contributed by atoms with Crippen LogP contribution >= 0.6 is 0 Å². The summed E-state index contributed by atoms with van der Waals surface area (Å²) in [4.78, 5) is 24.7. The molecule has 0 aromatic carbocycles. The first-order chi connectivity index (χ1) is 8.99. The molecule has 0 saturated heterocycles. The normalized spacial score (nSPS) is 28.2. The van der Waals surface area contributed by atoms with Gasteiger partial charge in [-0.05, 0) is 31.3 Å². The van der Waals surface area contributed by atoms with Gasteiger partial charge in [0.2, 0.25) is 5.91 Å². The largest absolute Gasteiger partial charge is 0.458 e. The van der Waals surface area contributed by atoms with Crippen molar-refractivity contribution in [2.75, 3.05) is 13.6 Å². The van der Waals surface area contributed by atoms with Crippen molar-refractivity contribution in [3.05, 3.63) is 12.2 Å². The van der Waals surface area contributed by atoms with Crippen LogP contribution in [0.15, 0.2) is 12.2 Å². The van der Waals surface area contributed by atoms with Gasteiger partial charge in [-0.3, -0.25) is 9.59 Å². The fourth-order valence-corrected chi connectivity index (χ4v) is 2.31. The fraction of sp³-hybridized carbons (Fsp3) is 0.733. The van der Waals surface area contributed by atoms with Gasteiger partial charge in [-0.15, -0.1) is 0 Å². The molecule has 0 radical (unpaired) electrons. The topological polar surface area (TPSA) is 46.6 Å². The fourth-order valence-electron chi connectivity index (χ4n) is 2.31. The third-order valence-electron chi connectivity index (χ3n) is 3.34. The molecule has 0 aromatic heterocycles. The lowest BCUT2D eigenvalue weighted by atomic mass is 10.0. The Kier molecular flexibility index (Phi) is 6.60. The zero-order valence-corrected chi connectivity index (χ0v) is 12.2. The van der Waals surface area contributed by atoms with Crippen LogP contribution in [0.25, 0.3) is 0 Å². The monoisotopic (exact) mass is 267 g/mol. The second kappa shape index (κ2) is 7.97. The zero-order valence-electron chi connectivity index (χ0n) is 12.2. The van der Waals surface area contributed by atoms with Crippen molar-refractivity contribution in [3.63, 3.8) is 0 Å². The third-order valence-corrected chi connectivity index (χ3v) is 3.34. The molecule has 0 fully saturated rings. The van der Waals surface area contributed by atoms with Gasteiger partial charge >= 0.3 is 5.97 Å². The SMILES string of the molecule is CC(=O)OC1/C=C/C(C)CN(C)C(=O)CCCCC1. The first-order valence-electron chi connectivity index (χ1n) is 7.08. The predicted molar refractivity (Wildman–Crippen MR) is 74.6 cm³/mol. The molecule has 0 bridgehead atoms. The van der Waals surface area contributed by atoms with Crippen LogP contribution < -0.4 is 0 Å². The first kappa shape index (κ1) is 15.7. The smallest absolute Gasteiger partial charge is 0.303 e. The maximum Gasteiger partial charge on any atom is 0.303 e. The Hall–Kier alpha value is -1.32. The maximum atomic E-state index is 11.8. The highest BCUT2D eigenvalue weighted by atomic mass is 16.5. The van der Waals surface area contributed by atoms with Gasteiger partial charge in [0.25, 0.3) is 0 Å². The van der Waals surface area contributed by atoms with E-state index in [0.29, 0.717) is 13.0 Å². The molecule has 4 nitrogen and oxygen atoms in total. The van der Waals surface area contributed by atoms with E-state index in [-0.39, 0.29) is 23.9 Å². The van der Waals surface area contributed by atoms with Crippen molar-refractivity contribution in [3.8, 4) is 0 Å². The van der Waals surface area contributed by atoms with E-state index in [2.05, 4.69) is 6.92 Å². The van der Waals surface area contributed by atoms with Gasteiger partial charge in [-0.1, -0.05) is 19.4 Å². The molecule has 19 heavy (non-hydrogen) atoms. The molecule has 1 aliphatic heterocycles. The zero-order chi connectivity index (χ0) is 14.3. The van der Waals surface area contributed by atoms with Gasteiger partial charge in [0.15, 0.2) is 0 Å². The summed E-state index contributed by atoms with van der Waals surface area (Å²) >= 11 is 0. The first-order valence-corrected chi connectivity index (χ1v) is 7.08. The summed E-state index contributed by atoms with van der Waals surface area (Å²) in [6.45, 7) is 4.22. The Morgan fingerprint density at radius 2 is 2.05 bits per heavy atom. The van der Waals surface area contributed by atoms with Crippen LogP contribution in [-0.2, 0) is 14.3 Å². The number of rotatable bonds is 1. The van der Waals surface area contributed by atoms with Gasteiger partial charge in [0.05, 0.1) is 0 Å². The summed E-state index contributed by atoms with van der Waals surface area (Å²) in [5, 5.41) is 0. The van der Waals surface area contributed by atoms with Crippen LogP contribution in [0, 0.1) is 5.92 Å². The number of carbonyl (C=O) groups excluding carboxylic acids is 2. The molecule has 1 amide bonds. The number of hydrogen-bond donors (Lipinski definition) is 0. The van der Waals surface area contributed by atoms with Crippen LogP contribution in [0.2, 0.25) is 0 Å². The van der Waals surface area contributed by atoms with E-state index in [4.69, 9.17) is 4.74 Å². The average molecular weight is 267 g/mol. The number of carbonyl (C=O) groups is 2. The maximum absolute atomic E-state index is 11.8. The molecular formula is C15H25NO3. The summed E-state index contributed by atoms with van der Waals surface area (Å²) < 4.78 is 5.29. The number of hydrogen-bond acceptors (Lipinski definition) is 3. The highest BCUT2D eigenvalue weighted by molar-refractivity contribution is 5.75. The van der Waals surface area contributed by atoms with Crippen molar-refractivity contribution in [1.82, 2.24) is 4.90 Å². The Morgan fingerprint density at radius 3 is 2.74 bits per heavy atom. The van der Waals surface area contributed by atoms with Crippen LogP contribution in [0.4, 0.5) is 0 Å². The lowest BCUT2D eigenvalue weighted by Gasteiger charge is -2.21. The van der Waals surface area contributed by atoms with Crippen LogP contribution in [-0.4, -0.2) is 36.5 Å². The predicted octanol–water partition coefficient (Wildman–Crippen LogP) is 2.53. The lowest BCUT2D eigenvalue weighted by Crippen LogP contribution is -2.30. The van der Waals surface area contributed by atoms with E-state index in [0.717, 1.165) is 25.7 Å². The number of nitrogens with zero attached hydrogens (tertiary/aromatic N) is 1. The Morgan fingerprint density at radius 1 is 1.32 bits per heavy atom. The molecule has 1 heterocycles. The second-order valence-corrected chi connectivity index (χ2v) is 5.38. The Balaban J connectivity index is 2.66. The molecule has 4 heteroatoms. The average Bonchev–Trinajstić information content (AvgIpc) is 2.33.